The first kappa shape index (κ1) is 13.3. The molecular weight excluding hydrogens is 268 g/mol. The highest BCUT2D eigenvalue weighted by Gasteiger charge is 2.12. The first-order valence-electron chi connectivity index (χ1n) is 5.54. The van der Waals surface area contributed by atoms with Crippen LogP contribution in [-0.2, 0) is 0 Å². The largest absolute Gasteiger partial charge is 0.333 e. The summed E-state index contributed by atoms with van der Waals surface area (Å²) in [7, 11) is 0. The molecule has 0 bridgehead atoms. The van der Waals surface area contributed by atoms with E-state index in [-0.39, 0.29) is 5.56 Å². The molecule has 1 heterocycles. The molecule has 0 aliphatic rings. The number of hydrogen-bond donors (Lipinski definition) is 1. The summed E-state index contributed by atoms with van der Waals surface area (Å²) in [6.07, 6.45) is 1.12. The predicted molar refractivity (Wildman–Crippen MR) is 72.4 cm³/mol. The molecule has 19 heavy (non-hydrogen) atoms. The zero-order valence-electron chi connectivity index (χ0n) is 10.4. The molecule has 6 heteroatoms. The lowest BCUT2D eigenvalue weighted by molar-refractivity contribution is 0.101. The second-order valence-corrected chi connectivity index (χ2v) is 4.54. The van der Waals surface area contributed by atoms with Crippen molar-refractivity contribution < 1.29 is 4.79 Å². The molecule has 2 rings (SSSR count). The number of aromatic amines is 1. The number of carbonyl (C=O) groups is 1. The average molecular weight is 279 g/mol. The second kappa shape index (κ2) is 4.85. The van der Waals surface area contributed by atoms with Crippen molar-refractivity contribution in [2.24, 2.45) is 0 Å². The van der Waals surface area contributed by atoms with E-state index in [2.05, 4.69) is 4.98 Å². The van der Waals surface area contributed by atoms with Gasteiger partial charge in [0.1, 0.15) is 0 Å². The Morgan fingerprint density at radius 2 is 2.00 bits per heavy atom. The van der Waals surface area contributed by atoms with Gasteiger partial charge in [-0.3, -0.25) is 9.59 Å². The van der Waals surface area contributed by atoms with Crippen LogP contribution in [0.3, 0.4) is 0 Å². The van der Waals surface area contributed by atoms with Crippen LogP contribution in [0.15, 0.2) is 34.0 Å². The normalized spacial score (nSPS) is 10.5. The summed E-state index contributed by atoms with van der Waals surface area (Å²) < 4.78 is 0.891. The quantitative estimate of drug-likeness (QED) is 0.850. The number of hydrogen-bond acceptors (Lipinski definition) is 3. The van der Waals surface area contributed by atoms with Gasteiger partial charge in [-0.05, 0) is 31.5 Å². The number of halogens is 1. The van der Waals surface area contributed by atoms with Crippen LogP contribution in [0.2, 0.25) is 5.02 Å². The van der Waals surface area contributed by atoms with Crippen molar-refractivity contribution in [3.8, 4) is 5.69 Å². The second-order valence-electron chi connectivity index (χ2n) is 4.14. The SMILES string of the molecule is CC(=O)c1c[nH]c(=O)n(-c2ccc(C)c(Cl)c2)c1=O. The average Bonchev–Trinajstić information content (AvgIpc) is 2.33. The fourth-order valence-electron chi connectivity index (χ4n) is 1.68. The number of aromatic nitrogens is 2. The standard InChI is InChI=1S/C13H11ClN2O3/c1-7-3-4-9(5-11(7)14)16-12(18)10(8(2)17)6-15-13(16)19/h3-6H,1-2H3,(H,15,19). The molecule has 0 atom stereocenters. The number of benzene rings is 1. The number of rotatable bonds is 2. The summed E-state index contributed by atoms with van der Waals surface area (Å²) in [5, 5.41) is 0.442. The van der Waals surface area contributed by atoms with Crippen molar-refractivity contribution >= 4 is 17.4 Å². The van der Waals surface area contributed by atoms with E-state index in [0.717, 1.165) is 16.3 Å². The van der Waals surface area contributed by atoms with Crippen molar-refractivity contribution in [3.63, 3.8) is 0 Å². The third-order valence-corrected chi connectivity index (χ3v) is 3.18. The monoisotopic (exact) mass is 278 g/mol. The molecule has 0 aliphatic heterocycles. The Morgan fingerprint density at radius 1 is 1.32 bits per heavy atom. The molecule has 0 aliphatic carbocycles. The number of ketones is 1. The minimum Gasteiger partial charge on any atom is -0.313 e. The summed E-state index contributed by atoms with van der Waals surface area (Å²) in [6, 6.07) is 4.81. The summed E-state index contributed by atoms with van der Waals surface area (Å²) in [5.74, 6) is -0.409. The van der Waals surface area contributed by atoms with Crippen LogP contribution >= 0.6 is 11.6 Å². The van der Waals surface area contributed by atoms with Gasteiger partial charge in [0.2, 0.25) is 0 Å². The fraction of sp³-hybridized carbons (Fsp3) is 0.154. The van der Waals surface area contributed by atoms with Gasteiger partial charge in [0.25, 0.3) is 5.56 Å². The first-order chi connectivity index (χ1) is 8.91. The van der Waals surface area contributed by atoms with Gasteiger partial charge in [-0.2, -0.15) is 0 Å². The maximum absolute atomic E-state index is 12.1. The van der Waals surface area contributed by atoms with Crippen LogP contribution < -0.4 is 11.2 Å². The zero-order chi connectivity index (χ0) is 14.2. The van der Waals surface area contributed by atoms with Crippen molar-refractivity contribution in [2.75, 3.05) is 0 Å². The molecule has 0 saturated carbocycles. The van der Waals surface area contributed by atoms with Gasteiger partial charge < -0.3 is 4.98 Å². The van der Waals surface area contributed by atoms with Gasteiger partial charge >= 0.3 is 5.69 Å². The Labute approximate surface area is 113 Å². The van der Waals surface area contributed by atoms with E-state index in [1.165, 1.54) is 13.0 Å². The lowest BCUT2D eigenvalue weighted by Crippen LogP contribution is -2.36. The Kier molecular flexibility index (Phi) is 3.40. The van der Waals surface area contributed by atoms with Gasteiger partial charge in [-0.15, -0.1) is 0 Å². The van der Waals surface area contributed by atoms with Gasteiger partial charge in [0.05, 0.1) is 11.3 Å². The Hall–Kier alpha value is -2.14. The smallest absolute Gasteiger partial charge is 0.313 e. The molecule has 2 aromatic rings. The van der Waals surface area contributed by atoms with Crippen molar-refractivity contribution in [1.29, 1.82) is 0 Å². The van der Waals surface area contributed by atoms with Crippen molar-refractivity contribution in [2.45, 2.75) is 13.8 Å². The molecule has 0 fully saturated rings. The van der Waals surface area contributed by atoms with Gasteiger partial charge in [0.15, 0.2) is 5.78 Å². The lowest BCUT2D eigenvalue weighted by atomic mass is 10.2. The fourth-order valence-corrected chi connectivity index (χ4v) is 1.86. The Morgan fingerprint density at radius 3 is 2.58 bits per heavy atom. The van der Waals surface area contributed by atoms with E-state index in [1.54, 1.807) is 12.1 Å². The van der Waals surface area contributed by atoms with Crippen molar-refractivity contribution in [1.82, 2.24) is 9.55 Å². The molecule has 1 N–H and O–H groups in total. The lowest BCUT2D eigenvalue weighted by Gasteiger charge is -2.07. The number of H-pyrrole nitrogens is 1. The van der Waals surface area contributed by atoms with E-state index in [4.69, 9.17) is 11.6 Å². The number of Topliss-reactive ketones (excluding diaryl/α,β-unsaturated/α-hetero) is 1. The van der Waals surface area contributed by atoms with Crippen LogP contribution in [-0.4, -0.2) is 15.3 Å². The van der Waals surface area contributed by atoms with Crippen LogP contribution in [0.5, 0.6) is 0 Å². The van der Waals surface area contributed by atoms with Crippen LogP contribution in [0.4, 0.5) is 0 Å². The highest BCUT2D eigenvalue weighted by molar-refractivity contribution is 6.31. The molecule has 0 saturated heterocycles. The predicted octanol–water partition coefficient (Wildman–Crippen LogP) is 1.69. The number of nitrogens with one attached hydrogen (secondary N) is 1. The van der Waals surface area contributed by atoms with Gasteiger partial charge in [-0.25, -0.2) is 9.36 Å². The van der Waals surface area contributed by atoms with Crippen molar-refractivity contribution in [3.05, 3.63) is 61.4 Å². The molecule has 0 unspecified atom stereocenters. The maximum atomic E-state index is 12.1. The summed E-state index contributed by atoms with van der Waals surface area (Å²) in [6.45, 7) is 3.08. The van der Waals surface area contributed by atoms with E-state index in [0.29, 0.717) is 10.7 Å². The molecule has 5 nitrogen and oxygen atoms in total. The minimum atomic E-state index is -0.656. The summed E-state index contributed by atoms with van der Waals surface area (Å²) in [5.41, 5.74) is -0.190. The van der Waals surface area contributed by atoms with Gasteiger partial charge in [-0.1, -0.05) is 17.7 Å². The Balaban J connectivity index is 2.78. The summed E-state index contributed by atoms with van der Waals surface area (Å²) >= 11 is 5.98. The highest BCUT2D eigenvalue weighted by Crippen LogP contribution is 2.17. The van der Waals surface area contributed by atoms with Crippen LogP contribution in [0, 0.1) is 6.92 Å². The molecule has 1 aromatic carbocycles. The number of carbonyl (C=O) groups excluding carboxylic acids is 1. The third-order valence-electron chi connectivity index (χ3n) is 2.77. The number of aryl methyl sites for hydroxylation is 1. The van der Waals surface area contributed by atoms with Crippen LogP contribution in [0.1, 0.15) is 22.8 Å². The zero-order valence-corrected chi connectivity index (χ0v) is 11.1. The molecular formula is C13H11ClN2O3. The molecule has 0 amide bonds. The van der Waals surface area contributed by atoms with E-state index in [9.17, 15) is 14.4 Å². The molecule has 98 valence electrons. The van der Waals surface area contributed by atoms with Gasteiger partial charge in [0, 0.05) is 11.2 Å². The molecule has 0 spiro atoms. The van der Waals surface area contributed by atoms with E-state index in [1.807, 2.05) is 6.92 Å². The molecule has 1 aromatic heterocycles. The Bertz CT molecular complexity index is 774. The first-order valence-corrected chi connectivity index (χ1v) is 5.92. The van der Waals surface area contributed by atoms with E-state index >= 15 is 0 Å². The summed E-state index contributed by atoms with van der Waals surface area (Å²) in [4.78, 5) is 37.6. The van der Waals surface area contributed by atoms with Crippen LogP contribution in [0.25, 0.3) is 5.69 Å². The maximum Gasteiger partial charge on any atom is 0.333 e. The van der Waals surface area contributed by atoms with E-state index < -0.39 is 17.0 Å². The number of nitrogens with zero attached hydrogens (tertiary/aromatic N) is 1. The molecule has 0 radical (unpaired) electrons. The third kappa shape index (κ3) is 2.37. The highest BCUT2D eigenvalue weighted by atomic mass is 35.5. The minimum absolute atomic E-state index is 0.0729. The topological polar surface area (TPSA) is 71.9 Å².